The van der Waals surface area contributed by atoms with Crippen molar-refractivity contribution in [1.82, 2.24) is 0 Å². The van der Waals surface area contributed by atoms with Crippen LogP contribution in [0.15, 0.2) is 28.0 Å². The number of hydrogen-bond acceptors (Lipinski definition) is 2. The van der Waals surface area contributed by atoms with Gasteiger partial charge in [-0.15, -0.1) is 0 Å². The number of allylic oxidation sites excluding steroid dienone is 2. The summed E-state index contributed by atoms with van der Waals surface area (Å²) < 4.78 is 0. The van der Waals surface area contributed by atoms with Crippen LogP contribution in [-0.2, 0) is 0 Å². The number of halogens is 2. The van der Waals surface area contributed by atoms with Gasteiger partial charge >= 0.3 is 0 Å². The van der Waals surface area contributed by atoms with E-state index in [4.69, 9.17) is 28.9 Å². The Bertz CT molecular complexity index is 216. The molecule has 0 aromatic heterocycles. The molecule has 0 heterocycles. The second-order valence-corrected chi connectivity index (χ2v) is 2.61. The van der Waals surface area contributed by atoms with Gasteiger partial charge in [-0.2, -0.15) is 0 Å². The van der Waals surface area contributed by atoms with E-state index in [-0.39, 0.29) is 0 Å². The molecule has 0 radical (unpaired) electrons. The van der Waals surface area contributed by atoms with Gasteiger partial charge in [-0.3, -0.25) is 0 Å². The van der Waals surface area contributed by atoms with Gasteiger partial charge in [-0.05, 0) is 20.0 Å². The van der Waals surface area contributed by atoms with E-state index in [1.165, 1.54) is 6.20 Å². The van der Waals surface area contributed by atoms with Crippen LogP contribution in [-0.4, -0.2) is 5.17 Å². The van der Waals surface area contributed by atoms with E-state index >= 15 is 0 Å². The average molecular weight is 193 g/mol. The first-order valence-corrected chi connectivity index (χ1v) is 3.82. The van der Waals surface area contributed by atoms with Gasteiger partial charge < -0.3 is 5.73 Å². The summed E-state index contributed by atoms with van der Waals surface area (Å²) in [6.45, 7) is 3.53. The minimum Gasteiger partial charge on any atom is -0.404 e. The predicted molar refractivity (Wildman–Crippen MR) is 50.8 cm³/mol. The maximum Gasteiger partial charge on any atom is 0.135 e. The first-order chi connectivity index (χ1) is 5.11. The lowest BCUT2D eigenvalue weighted by Gasteiger charge is -1.94. The number of hydrogen-bond donors (Lipinski definition) is 1. The van der Waals surface area contributed by atoms with Crippen molar-refractivity contribution in [2.75, 3.05) is 0 Å². The molecule has 0 aromatic carbocycles. The molecule has 0 bridgehead atoms. The van der Waals surface area contributed by atoms with Crippen LogP contribution in [0.3, 0.4) is 0 Å². The third kappa shape index (κ3) is 4.06. The second kappa shape index (κ2) is 5.22. The van der Waals surface area contributed by atoms with Gasteiger partial charge in [0.25, 0.3) is 0 Å². The summed E-state index contributed by atoms with van der Waals surface area (Å²) in [4.78, 5) is 3.83. The van der Waals surface area contributed by atoms with Gasteiger partial charge in [0.15, 0.2) is 0 Å². The summed E-state index contributed by atoms with van der Waals surface area (Å²) in [5.41, 5.74) is 5.90. The molecule has 0 aliphatic rings. The van der Waals surface area contributed by atoms with Crippen LogP contribution < -0.4 is 5.73 Å². The standard InChI is InChI=1S/C7H10Cl2N2/c1-3-6(8)11-7(9)5(2)4-10/h3-4H,10H2,1-2H3/b5-4-,6-3-,11-7+. The van der Waals surface area contributed by atoms with Gasteiger partial charge in [-0.1, -0.05) is 29.3 Å². The van der Waals surface area contributed by atoms with E-state index in [0.717, 1.165) is 0 Å². The zero-order valence-corrected chi connectivity index (χ0v) is 7.95. The van der Waals surface area contributed by atoms with Gasteiger partial charge in [0.2, 0.25) is 0 Å². The van der Waals surface area contributed by atoms with Crippen LogP contribution in [0.2, 0.25) is 0 Å². The first-order valence-electron chi connectivity index (χ1n) is 3.06. The van der Waals surface area contributed by atoms with Gasteiger partial charge in [0.05, 0.1) is 0 Å². The molecule has 2 N–H and O–H groups in total. The van der Waals surface area contributed by atoms with Crippen molar-refractivity contribution in [2.45, 2.75) is 13.8 Å². The molecule has 0 aliphatic carbocycles. The van der Waals surface area contributed by atoms with E-state index in [0.29, 0.717) is 15.9 Å². The molecule has 0 saturated heterocycles. The molecule has 0 spiro atoms. The van der Waals surface area contributed by atoms with E-state index in [1.807, 2.05) is 0 Å². The van der Waals surface area contributed by atoms with Crippen LogP contribution >= 0.6 is 23.2 Å². The van der Waals surface area contributed by atoms with Gasteiger partial charge in [-0.25, -0.2) is 4.99 Å². The Balaban J connectivity index is 4.47. The molecule has 0 fully saturated rings. The zero-order chi connectivity index (χ0) is 8.85. The summed E-state index contributed by atoms with van der Waals surface area (Å²) >= 11 is 11.3. The first kappa shape index (κ1) is 10.5. The maximum atomic E-state index is 5.68. The molecule has 62 valence electrons. The smallest absolute Gasteiger partial charge is 0.135 e. The highest BCUT2D eigenvalue weighted by molar-refractivity contribution is 6.69. The number of nitrogens with two attached hydrogens (primary N) is 1. The molecule has 0 rings (SSSR count). The van der Waals surface area contributed by atoms with Crippen LogP contribution in [0.5, 0.6) is 0 Å². The molecule has 0 aliphatic heterocycles. The molecule has 11 heavy (non-hydrogen) atoms. The topological polar surface area (TPSA) is 38.4 Å². The van der Waals surface area contributed by atoms with E-state index in [2.05, 4.69) is 4.99 Å². The van der Waals surface area contributed by atoms with E-state index in [9.17, 15) is 0 Å². The maximum absolute atomic E-state index is 5.68. The van der Waals surface area contributed by atoms with Crippen LogP contribution in [0.4, 0.5) is 0 Å². The second-order valence-electron chi connectivity index (χ2n) is 1.86. The minimum atomic E-state index is 0.315. The number of nitrogens with zero attached hydrogens (tertiary/aromatic N) is 1. The monoisotopic (exact) mass is 192 g/mol. The fourth-order valence-electron chi connectivity index (χ4n) is 0.315. The van der Waals surface area contributed by atoms with Crippen LogP contribution in [0.1, 0.15) is 13.8 Å². The summed E-state index contributed by atoms with van der Waals surface area (Å²) in [6.07, 6.45) is 3.03. The molecule has 4 heteroatoms. The zero-order valence-electron chi connectivity index (χ0n) is 6.44. The predicted octanol–water partition coefficient (Wildman–Crippen LogP) is 2.59. The highest BCUT2D eigenvalue weighted by atomic mass is 35.5. The number of aliphatic imine (C=N–C) groups is 1. The minimum absolute atomic E-state index is 0.315. The Morgan fingerprint density at radius 3 is 2.36 bits per heavy atom. The van der Waals surface area contributed by atoms with Crippen molar-refractivity contribution < 1.29 is 0 Å². The van der Waals surface area contributed by atoms with Crippen molar-refractivity contribution >= 4 is 28.4 Å². The Labute approximate surface area is 76.4 Å². The van der Waals surface area contributed by atoms with Gasteiger partial charge in [0.1, 0.15) is 10.3 Å². The quantitative estimate of drug-likeness (QED) is 0.531. The fourth-order valence-corrected chi connectivity index (χ4v) is 0.597. The Morgan fingerprint density at radius 1 is 1.45 bits per heavy atom. The molecule has 0 amide bonds. The van der Waals surface area contributed by atoms with Crippen molar-refractivity contribution in [3.8, 4) is 0 Å². The lowest BCUT2D eigenvalue weighted by molar-refractivity contribution is 1.43. The Hall–Kier alpha value is -0.470. The average Bonchev–Trinajstić information content (AvgIpc) is 2.02. The lowest BCUT2D eigenvalue weighted by atomic mass is 10.4. The fraction of sp³-hybridized carbons (Fsp3) is 0.286. The summed E-state index contributed by atoms with van der Waals surface area (Å²) in [5, 5.41) is 0.673. The van der Waals surface area contributed by atoms with E-state index < -0.39 is 0 Å². The van der Waals surface area contributed by atoms with Crippen molar-refractivity contribution in [3.63, 3.8) is 0 Å². The highest BCUT2D eigenvalue weighted by Gasteiger charge is 1.96. The summed E-state index contributed by atoms with van der Waals surface area (Å²) in [6, 6.07) is 0. The molecule has 0 aromatic rings. The summed E-state index contributed by atoms with van der Waals surface area (Å²) in [5.74, 6) is 0. The highest BCUT2D eigenvalue weighted by Crippen LogP contribution is 2.08. The summed E-state index contributed by atoms with van der Waals surface area (Å²) in [7, 11) is 0. The van der Waals surface area contributed by atoms with Crippen molar-refractivity contribution in [1.29, 1.82) is 0 Å². The lowest BCUT2D eigenvalue weighted by Crippen LogP contribution is -1.93. The Kier molecular flexibility index (Phi) is 4.99. The van der Waals surface area contributed by atoms with Crippen LogP contribution in [0, 0.1) is 0 Å². The normalized spacial score (nSPS) is 15.5. The molecule has 0 atom stereocenters. The molecule has 0 unspecified atom stereocenters. The van der Waals surface area contributed by atoms with Gasteiger partial charge in [0, 0.05) is 5.57 Å². The SMILES string of the molecule is C\C=C(Cl)/N=C(Cl)\C(C)=C/N. The molecular weight excluding hydrogens is 183 g/mol. The molecular formula is C7H10Cl2N2. The van der Waals surface area contributed by atoms with Crippen LogP contribution in [0.25, 0.3) is 0 Å². The molecule has 2 nitrogen and oxygen atoms in total. The van der Waals surface area contributed by atoms with Crippen molar-refractivity contribution in [3.05, 3.63) is 23.0 Å². The largest absolute Gasteiger partial charge is 0.404 e. The van der Waals surface area contributed by atoms with Crippen molar-refractivity contribution in [2.24, 2.45) is 10.7 Å². The Morgan fingerprint density at radius 2 is 2.00 bits per heavy atom. The third-order valence-electron chi connectivity index (χ3n) is 1.02. The third-order valence-corrected chi connectivity index (χ3v) is 1.70. The number of rotatable bonds is 2. The van der Waals surface area contributed by atoms with E-state index in [1.54, 1.807) is 19.9 Å². The molecule has 0 saturated carbocycles.